The maximum atomic E-state index is 13.4. The van der Waals surface area contributed by atoms with Crippen LogP contribution in [0.15, 0.2) is 53.0 Å². The molecule has 4 rings (SSSR count). The Morgan fingerprint density at radius 3 is 2.47 bits per heavy atom. The van der Waals surface area contributed by atoms with E-state index in [0.29, 0.717) is 44.7 Å². The number of nitrogens with two attached hydrogens (primary N) is 1. The van der Waals surface area contributed by atoms with Crippen molar-refractivity contribution in [2.75, 3.05) is 4.90 Å². The third-order valence-electron chi connectivity index (χ3n) is 5.56. The van der Waals surface area contributed by atoms with Gasteiger partial charge in [0.1, 0.15) is 5.82 Å². The second-order valence-electron chi connectivity index (χ2n) is 8.54. The molecule has 2 heterocycles. The fraction of sp³-hybridized carbons (Fsp3) is 0.273. The number of Topliss-reactive ketones (excluding diaryl/α,β-unsaturated/α-hetero) is 1. The molecule has 2 N–H and O–H groups in total. The highest BCUT2D eigenvalue weighted by atomic mass is 35.5. The highest BCUT2D eigenvalue weighted by Crippen LogP contribution is 2.51. The lowest BCUT2D eigenvalue weighted by Gasteiger charge is -2.43. The summed E-state index contributed by atoms with van der Waals surface area (Å²) < 4.78 is 0. The molecule has 0 saturated heterocycles. The second kappa shape index (κ2) is 7.93. The third kappa shape index (κ3) is 3.77. The Morgan fingerprint density at radius 1 is 1.25 bits per heavy atom. The van der Waals surface area contributed by atoms with Gasteiger partial charge in [0, 0.05) is 38.7 Å². The molecule has 1 atom stereocenters. The highest BCUT2D eigenvalue weighted by Gasteiger charge is 2.45. The van der Waals surface area contributed by atoms with Crippen molar-refractivity contribution in [2.45, 2.75) is 32.6 Å². The second-order valence-corrected chi connectivity index (χ2v) is 10.5. The van der Waals surface area contributed by atoms with E-state index in [1.807, 2.05) is 13.8 Å². The van der Waals surface area contributed by atoms with Crippen molar-refractivity contribution in [3.8, 4) is 6.07 Å². The van der Waals surface area contributed by atoms with Gasteiger partial charge in [-0.2, -0.15) is 5.26 Å². The fourth-order valence-corrected chi connectivity index (χ4v) is 5.81. The highest BCUT2D eigenvalue weighted by molar-refractivity contribution is 7.15. The van der Waals surface area contributed by atoms with E-state index in [1.165, 1.54) is 6.07 Å². The van der Waals surface area contributed by atoms with Gasteiger partial charge in [0.15, 0.2) is 5.78 Å². The molecule has 0 fully saturated rings. The zero-order valence-corrected chi connectivity index (χ0v) is 19.5. The van der Waals surface area contributed by atoms with Crippen molar-refractivity contribution in [3.05, 3.63) is 78.0 Å². The lowest BCUT2D eigenvalue weighted by molar-refractivity contribution is -0.380. The third-order valence-corrected chi connectivity index (χ3v) is 7.10. The minimum atomic E-state index is -0.761. The van der Waals surface area contributed by atoms with Gasteiger partial charge in [-0.05, 0) is 36.1 Å². The van der Waals surface area contributed by atoms with E-state index < -0.39 is 10.8 Å². The van der Waals surface area contributed by atoms with Gasteiger partial charge < -0.3 is 5.73 Å². The number of carbonyl (C=O) groups is 1. The zero-order chi connectivity index (χ0) is 23.4. The van der Waals surface area contributed by atoms with Gasteiger partial charge in [0.2, 0.25) is 0 Å². The number of ketones is 1. The van der Waals surface area contributed by atoms with Gasteiger partial charge >= 0.3 is 5.00 Å². The molecule has 0 unspecified atom stereocenters. The predicted octanol–water partition coefficient (Wildman–Crippen LogP) is 5.90. The fourth-order valence-electron chi connectivity index (χ4n) is 4.35. The number of nitrogens with zero attached hydrogens (tertiary/aromatic N) is 3. The first kappa shape index (κ1) is 22.3. The zero-order valence-electron chi connectivity index (χ0n) is 17.2. The molecule has 0 spiro atoms. The van der Waals surface area contributed by atoms with E-state index in [2.05, 4.69) is 6.07 Å². The monoisotopic (exact) mass is 488 g/mol. The number of anilines is 1. The van der Waals surface area contributed by atoms with E-state index in [1.54, 1.807) is 29.2 Å². The molecule has 0 bridgehead atoms. The number of hydrogen-bond donors (Lipinski definition) is 1. The van der Waals surface area contributed by atoms with Crippen LogP contribution < -0.4 is 10.6 Å². The Kier molecular flexibility index (Phi) is 5.53. The van der Waals surface area contributed by atoms with Crippen molar-refractivity contribution in [3.63, 3.8) is 0 Å². The molecule has 0 amide bonds. The van der Waals surface area contributed by atoms with Crippen LogP contribution in [-0.2, 0) is 4.79 Å². The van der Waals surface area contributed by atoms with Crippen molar-refractivity contribution >= 4 is 51.0 Å². The molecule has 32 heavy (non-hydrogen) atoms. The van der Waals surface area contributed by atoms with Crippen LogP contribution in [0.25, 0.3) is 0 Å². The van der Waals surface area contributed by atoms with Crippen molar-refractivity contribution in [1.29, 1.82) is 5.26 Å². The number of thiophene rings is 1. The number of benzene rings is 1. The first-order chi connectivity index (χ1) is 15.0. The normalized spacial score (nSPS) is 20.3. The van der Waals surface area contributed by atoms with E-state index in [4.69, 9.17) is 28.9 Å². The van der Waals surface area contributed by atoms with Crippen LogP contribution in [0.5, 0.6) is 0 Å². The summed E-state index contributed by atoms with van der Waals surface area (Å²) in [6, 6.07) is 10.0. The van der Waals surface area contributed by atoms with E-state index in [9.17, 15) is 20.2 Å². The van der Waals surface area contributed by atoms with Gasteiger partial charge in [-0.25, -0.2) is 0 Å². The van der Waals surface area contributed by atoms with Gasteiger partial charge in [-0.3, -0.25) is 19.8 Å². The summed E-state index contributed by atoms with van der Waals surface area (Å²) in [6.07, 6.45) is 0.806. The average molecular weight is 489 g/mol. The minimum Gasteiger partial charge on any atom is -0.384 e. The maximum absolute atomic E-state index is 13.4. The van der Waals surface area contributed by atoms with Gasteiger partial charge in [-0.15, -0.1) is 0 Å². The van der Waals surface area contributed by atoms with E-state index >= 15 is 0 Å². The van der Waals surface area contributed by atoms with E-state index in [-0.39, 0.29) is 27.6 Å². The largest absolute Gasteiger partial charge is 0.384 e. The standard InChI is InChI=1S/C22H18Cl2N4O3S/c1-22(2)8-15-20(16(29)9-22)19(17-3-4-18(32-17)28(30)31)14(10-25)21(26)27(15)13-6-11(23)5-12(24)7-13/h3-7,19H,8-9,26H2,1-2H3/t19-/m1/s1. The van der Waals surface area contributed by atoms with Gasteiger partial charge in [0.05, 0.1) is 28.2 Å². The predicted molar refractivity (Wildman–Crippen MR) is 125 cm³/mol. The summed E-state index contributed by atoms with van der Waals surface area (Å²) in [6.45, 7) is 3.98. The number of nitriles is 1. The smallest absolute Gasteiger partial charge is 0.324 e. The number of nitro groups is 1. The molecule has 1 aliphatic heterocycles. The van der Waals surface area contributed by atoms with Crippen LogP contribution in [0.1, 0.15) is 37.5 Å². The van der Waals surface area contributed by atoms with Crippen LogP contribution in [0.3, 0.4) is 0 Å². The molecular weight excluding hydrogens is 471 g/mol. The first-order valence-corrected chi connectivity index (χ1v) is 11.3. The SMILES string of the molecule is CC1(C)CC(=O)C2=C(C1)N(c1cc(Cl)cc(Cl)c1)C(N)=C(C#N)[C@@H]2c1ccc([N+](=O)[O-])s1. The molecule has 0 radical (unpaired) electrons. The Labute approximate surface area is 198 Å². The number of halogens is 2. The Balaban J connectivity index is 2.00. The molecule has 7 nitrogen and oxygen atoms in total. The molecule has 1 aliphatic carbocycles. The summed E-state index contributed by atoms with van der Waals surface area (Å²) in [7, 11) is 0. The molecule has 2 aromatic rings. The Bertz CT molecular complexity index is 1250. The lowest BCUT2D eigenvalue weighted by atomic mass is 9.69. The van der Waals surface area contributed by atoms with Crippen LogP contribution in [0, 0.1) is 26.9 Å². The minimum absolute atomic E-state index is 0.0642. The number of allylic oxidation sites excluding steroid dienone is 3. The molecular formula is C22H18Cl2N4O3S. The van der Waals surface area contributed by atoms with E-state index in [0.717, 1.165) is 11.3 Å². The van der Waals surface area contributed by atoms with Gasteiger partial charge in [-0.1, -0.05) is 48.4 Å². The summed E-state index contributed by atoms with van der Waals surface area (Å²) >= 11 is 13.4. The van der Waals surface area contributed by atoms with Crippen LogP contribution in [-0.4, -0.2) is 10.7 Å². The van der Waals surface area contributed by atoms with Crippen LogP contribution >= 0.6 is 34.5 Å². The first-order valence-electron chi connectivity index (χ1n) is 9.69. The maximum Gasteiger partial charge on any atom is 0.324 e. The number of carbonyl (C=O) groups excluding carboxylic acids is 1. The molecule has 2 aliphatic rings. The summed E-state index contributed by atoms with van der Waals surface area (Å²) in [5, 5.41) is 22.0. The van der Waals surface area contributed by atoms with Crippen LogP contribution in [0.2, 0.25) is 10.0 Å². The molecule has 164 valence electrons. The van der Waals surface area contributed by atoms with Gasteiger partial charge in [0.25, 0.3) is 0 Å². The summed E-state index contributed by atoms with van der Waals surface area (Å²) in [5.41, 5.74) is 7.97. The van der Waals surface area contributed by atoms with Crippen molar-refractivity contribution < 1.29 is 9.72 Å². The van der Waals surface area contributed by atoms with Crippen molar-refractivity contribution in [2.24, 2.45) is 11.1 Å². The molecule has 0 saturated carbocycles. The molecule has 10 heteroatoms. The quantitative estimate of drug-likeness (QED) is 0.424. The number of hydrogen-bond acceptors (Lipinski definition) is 7. The summed E-state index contributed by atoms with van der Waals surface area (Å²) in [5.74, 6) is -0.727. The molecule has 1 aromatic heterocycles. The summed E-state index contributed by atoms with van der Waals surface area (Å²) in [4.78, 5) is 26.4. The Morgan fingerprint density at radius 2 is 1.91 bits per heavy atom. The number of rotatable bonds is 3. The van der Waals surface area contributed by atoms with Crippen LogP contribution in [0.4, 0.5) is 10.7 Å². The average Bonchev–Trinajstić information content (AvgIpc) is 3.15. The van der Waals surface area contributed by atoms with Crippen molar-refractivity contribution in [1.82, 2.24) is 0 Å². The lowest BCUT2D eigenvalue weighted by Crippen LogP contribution is -2.42. The molecule has 1 aromatic carbocycles. The Hall–Kier alpha value is -2.86. The topological polar surface area (TPSA) is 113 Å².